The Morgan fingerprint density at radius 2 is 1.93 bits per heavy atom. The van der Waals surface area contributed by atoms with E-state index in [1.54, 1.807) is 35.9 Å². The fourth-order valence-electron chi connectivity index (χ4n) is 3.12. The van der Waals surface area contributed by atoms with Crippen LogP contribution in [0.5, 0.6) is 0 Å². The predicted octanol–water partition coefficient (Wildman–Crippen LogP) is 3.76. The summed E-state index contributed by atoms with van der Waals surface area (Å²) in [5, 5.41) is 6.88. The summed E-state index contributed by atoms with van der Waals surface area (Å²) in [6.07, 6.45) is 1.62. The molecule has 1 aliphatic heterocycles. The zero-order valence-electron chi connectivity index (χ0n) is 14.4. The second kappa shape index (κ2) is 7.98. The first-order chi connectivity index (χ1) is 13.1. The van der Waals surface area contributed by atoms with Crippen LogP contribution in [0, 0.1) is 0 Å². The SMILES string of the molecule is O=C(CN1CCN(c2ncnc3sccc23)CC1)Nc1ccc(Cl)c(Cl)c1. The van der Waals surface area contributed by atoms with E-state index in [0.717, 1.165) is 42.2 Å². The van der Waals surface area contributed by atoms with Gasteiger partial charge in [0.2, 0.25) is 5.91 Å². The number of rotatable bonds is 4. The van der Waals surface area contributed by atoms with Gasteiger partial charge in [-0.25, -0.2) is 9.97 Å². The number of thiophene rings is 1. The molecule has 0 saturated carbocycles. The number of carbonyl (C=O) groups excluding carboxylic acids is 1. The summed E-state index contributed by atoms with van der Waals surface area (Å²) in [5.41, 5.74) is 0.647. The fourth-order valence-corrected chi connectivity index (χ4v) is 4.15. The Morgan fingerprint density at radius 3 is 2.70 bits per heavy atom. The van der Waals surface area contributed by atoms with E-state index in [0.29, 0.717) is 22.3 Å². The van der Waals surface area contributed by atoms with Crippen molar-refractivity contribution in [2.45, 2.75) is 0 Å². The Labute approximate surface area is 170 Å². The van der Waals surface area contributed by atoms with Crippen molar-refractivity contribution in [2.75, 3.05) is 42.9 Å². The number of halogens is 2. The summed E-state index contributed by atoms with van der Waals surface area (Å²) >= 11 is 13.5. The molecule has 1 saturated heterocycles. The van der Waals surface area contributed by atoms with Gasteiger partial charge in [0.25, 0.3) is 0 Å². The van der Waals surface area contributed by atoms with Gasteiger partial charge in [-0.3, -0.25) is 9.69 Å². The van der Waals surface area contributed by atoms with E-state index in [2.05, 4.69) is 31.2 Å². The summed E-state index contributed by atoms with van der Waals surface area (Å²) in [6, 6.07) is 7.13. The van der Waals surface area contributed by atoms with Crippen LogP contribution in [0.25, 0.3) is 10.2 Å². The minimum absolute atomic E-state index is 0.0656. The van der Waals surface area contributed by atoms with Gasteiger partial charge in [0.05, 0.1) is 22.0 Å². The highest BCUT2D eigenvalue weighted by Crippen LogP contribution is 2.27. The third kappa shape index (κ3) is 4.16. The minimum atomic E-state index is -0.0656. The number of nitrogens with one attached hydrogen (secondary N) is 1. The van der Waals surface area contributed by atoms with Crippen LogP contribution in [-0.4, -0.2) is 53.5 Å². The van der Waals surface area contributed by atoms with E-state index in [9.17, 15) is 4.79 Å². The molecule has 0 unspecified atom stereocenters. The molecule has 9 heteroatoms. The van der Waals surface area contributed by atoms with E-state index >= 15 is 0 Å². The lowest BCUT2D eigenvalue weighted by atomic mass is 10.2. The highest BCUT2D eigenvalue weighted by Gasteiger charge is 2.21. The summed E-state index contributed by atoms with van der Waals surface area (Å²) < 4.78 is 0. The molecule has 1 amide bonds. The zero-order valence-corrected chi connectivity index (χ0v) is 16.7. The van der Waals surface area contributed by atoms with Crippen LogP contribution in [0.3, 0.4) is 0 Å². The molecular weight excluding hydrogens is 405 g/mol. The van der Waals surface area contributed by atoms with Crippen LogP contribution in [0.4, 0.5) is 11.5 Å². The monoisotopic (exact) mass is 421 g/mol. The van der Waals surface area contributed by atoms with Crippen LogP contribution < -0.4 is 10.2 Å². The molecule has 27 heavy (non-hydrogen) atoms. The van der Waals surface area contributed by atoms with Crippen molar-refractivity contribution in [1.29, 1.82) is 0 Å². The van der Waals surface area contributed by atoms with Crippen molar-refractivity contribution in [1.82, 2.24) is 14.9 Å². The van der Waals surface area contributed by atoms with Crippen molar-refractivity contribution in [3.63, 3.8) is 0 Å². The number of carbonyl (C=O) groups is 1. The Kier molecular flexibility index (Phi) is 5.45. The Bertz CT molecular complexity index is 971. The number of aromatic nitrogens is 2. The molecule has 0 radical (unpaired) electrons. The number of anilines is 2. The average molecular weight is 422 g/mol. The predicted molar refractivity (Wildman–Crippen MR) is 111 cm³/mol. The molecule has 0 aliphatic carbocycles. The summed E-state index contributed by atoms with van der Waals surface area (Å²) in [6.45, 7) is 3.57. The van der Waals surface area contributed by atoms with Crippen LogP contribution in [-0.2, 0) is 4.79 Å². The van der Waals surface area contributed by atoms with Gasteiger partial charge in [-0.2, -0.15) is 0 Å². The van der Waals surface area contributed by atoms with Crippen molar-refractivity contribution in [2.24, 2.45) is 0 Å². The van der Waals surface area contributed by atoms with Crippen LogP contribution in [0.1, 0.15) is 0 Å². The van der Waals surface area contributed by atoms with Crippen molar-refractivity contribution in [3.8, 4) is 0 Å². The average Bonchev–Trinajstić information content (AvgIpc) is 3.14. The highest BCUT2D eigenvalue weighted by atomic mass is 35.5. The summed E-state index contributed by atoms with van der Waals surface area (Å²) in [7, 11) is 0. The van der Waals surface area contributed by atoms with E-state index in [1.807, 2.05) is 5.38 Å². The highest BCUT2D eigenvalue weighted by molar-refractivity contribution is 7.16. The lowest BCUT2D eigenvalue weighted by molar-refractivity contribution is -0.117. The van der Waals surface area contributed by atoms with E-state index < -0.39 is 0 Å². The number of amides is 1. The van der Waals surface area contributed by atoms with Crippen molar-refractivity contribution in [3.05, 3.63) is 46.0 Å². The van der Waals surface area contributed by atoms with Gasteiger partial charge >= 0.3 is 0 Å². The van der Waals surface area contributed by atoms with Gasteiger partial charge in [-0.05, 0) is 29.6 Å². The zero-order chi connectivity index (χ0) is 18.8. The molecule has 3 aromatic rings. The number of hydrogen-bond donors (Lipinski definition) is 1. The van der Waals surface area contributed by atoms with Gasteiger partial charge < -0.3 is 10.2 Å². The Hall–Kier alpha value is -1.93. The topological polar surface area (TPSA) is 61.4 Å². The molecule has 0 spiro atoms. The molecule has 6 nitrogen and oxygen atoms in total. The first-order valence-corrected chi connectivity index (χ1v) is 10.1. The van der Waals surface area contributed by atoms with Crippen LogP contribution in [0.15, 0.2) is 36.0 Å². The number of piperazine rings is 1. The van der Waals surface area contributed by atoms with Gasteiger partial charge in [-0.1, -0.05) is 23.2 Å². The third-order valence-electron chi connectivity index (χ3n) is 4.48. The quantitative estimate of drug-likeness (QED) is 0.694. The standard InChI is InChI=1S/C18H17Cl2N5OS/c19-14-2-1-12(9-15(14)20)23-16(26)10-24-4-6-25(7-5-24)17-13-3-8-27-18(13)22-11-21-17/h1-3,8-9,11H,4-7,10H2,(H,23,26). The van der Waals surface area contributed by atoms with Crippen molar-refractivity contribution >= 4 is 62.2 Å². The molecule has 1 aromatic carbocycles. The molecule has 1 N–H and O–H groups in total. The first kappa shape index (κ1) is 18.4. The number of benzene rings is 1. The van der Waals surface area contributed by atoms with Crippen molar-refractivity contribution < 1.29 is 4.79 Å². The lowest BCUT2D eigenvalue weighted by Gasteiger charge is -2.35. The third-order valence-corrected chi connectivity index (χ3v) is 6.04. The van der Waals surface area contributed by atoms with E-state index in [1.165, 1.54) is 0 Å². The maximum absolute atomic E-state index is 12.3. The molecule has 1 fully saturated rings. The smallest absolute Gasteiger partial charge is 0.238 e. The minimum Gasteiger partial charge on any atom is -0.353 e. The first-order valence-electron chi connectivity index (χ1n) is 8.50. The summed E-state index contributed by atoms with van der Waals surface area (Å²) in [4.78, 5) is 26.5. The molecule has 0 atom stereocenters. The van der Waals surface area contributed by atoms with Gasteiger partial charge in [0, 0.05) is 31.9 Å². The molecular formula is C18H17Cl2N5OS. The van der Waals surface area contributed by atoms with Crippen LogP contribution >= 0.6 is 34.5 Å². The Balaban J connectivity index is 1.33. The van der Waals surface area contributed by atoms with E-state index in [4.69, 9.17) is 23.2 Å². The normalized spacial score (nSPS) is 15.3. The largest absolute Gasteiger partial charge is 0.353 e. The van der Waals surface area contributed by atoms with Gasteiger partial charge in [-0.15, -0.1) is 11.3 Å². The molecule has 4 rings (SSSR count). The number of fused-ring (bicyclic) bond motifs is 1. The Morgan fingerprint density at radius 1 is 1.11 bits per heavy atom. The lowest BCUT2D eigenvalue weighted by Crippen LogP contribution is -2.49. The molecule has 2 aromatic heterocycles. The number of hydrogen-bond acceptors (Lipinski definition) is 6. The second-order valence-electron chi connectivity index (χ2n) is 6.28. The van der Waals surface area contributed by atoms with E-state index in [-0.39, 0.29) is 5.91 Å². The summed E-state index contributed by atoms with van der Waals surface area (Å²) in [5.74, 6) is 0.908. The van der Waals surface area contributed by atoms with Gasteiger partial charge in [0.15, 0.2) is 0 Å². The van der Waals surface area contributed by atoms with Crippen LogP contribution in [0.2, 0.25) is 10.0 Å². The fraction of sp³-hybridized carbons (Fsp3) is 0.278. The molecule has 3 heterocycles. The molecule has 1 aliphatic rings. The number of nitrogens with zero attached hydrogens (tertiary/aromatic N) is 4. The molecule has 140 valence electrons. The maximum atomic E-state index is 12.3. The maximum Gasteiger partial charge on any atom is 0.238 e. The molecule has 0 bridgehead atoms. The second-order valence-corrected chi connectivity index (χ2v) is 7.99. The van der Waals surface area contributed by atoms with Gasteiger partial charge in [0.1, 0.15) is 17.0 Å².